The third kappa shape index (κ3) is 4.91. The molecular weight excluding hydrogens is 422 g/mol. The van der Waals surface area contributed by atoms with Gasteiger partial charge in [0.05, 0.1) is 20.5 Å². The van der Waals surface area contributed by atoms with Crippen LogP contribution in [-0.4, -0.2) is 26.4 Å². The van der Waals surface area contributed by atoms with Gasteiger partial charge in [0.1, 0.15) is 0 Å². The van der Waals surface area contributed by atoms with E-state index in [1.165, 1.54) is 30.3 Å². The molecule has 0 heterocycles. The van der Waals surface area contributed by atoms with E-state index in [-0.39, 0.29) is 28.7 Å². The van der Waals surface area contributed by atoms with Crippen molar-refractivity contribution in [3.8, 4) is 0 Å². The molecule has 0 aliphatic heterocycles. The molecule has 2 N–H and O–H groups in total. The fourth-order valence-corrected chi connectivity index (χ4v) is 3.38. The molecule has 0 aliphatic rings. The summed E-state index contributed by atoms with van der Waals surface area (Å²) < 4.78 is 27.4. The number of non-ortho nitro benzene ring substituents is 1. The van der Waals surface area contributed by atoms with Crippen LogP contribution in [0.5, 0.6) is 0 Å². The molecule has 0 spiro atoms. The summed E-state index contributed by atoms with van der Waals surface area (Å²) in [5.41, 5.74) is 0.381. The second-order valence-electron chi connectivity index (χ2n) is 4.70. The quantitative estimate of drug-likeness (QED) is 0.395. The van der Waals surface area contributed by atoms with E-state index in [0.29, 0.717) is 5.69 Å². The van der Waals surface area contributed by atoms with Gasteiger partial charge in [-0.3, -0.25) is 10.1 Å². The maximum atomic E-state index is 12.1. The maximum absolute atomic E-state index is 12.1. The molecule has 24 heavy (non-hydrogen) atoms. The molecule has 0 saturated heterocycles. The smallest absolute Gasteiger partial charge is 0.271 e. The Balaban J connectivity index is 1.91. The maximum Gasteiger partial charge on any atom is 0.271 e. The SMILES string of the molecule is O=[N+]([O-])c1ccc(NCCNS(=O)(=O)c2ccc(Br)cc2)c(Cl)c1. The van der Waals surface area contributed by atoms with E-state index in [1.54, 1.807) is 12.1 Å². The lowest BCUT2D eigenvalue weighted by Gasteiger charge is -2.10. The number of hydrogen-bond acceptors (Lipinski definition) is 5. The number of nitro groups is 1. The van der Waals surface area contributed by atoms with E-state index < -0.39 is 14.9 Å². The molecule has 0 unspecified atom stereocenters. The number of sulfonamides is 1. The number of benzene rings is 2. The second kappa shape index (κ2) is 7.93. The third-order valence-electron chi connectivity index (χ3n) is 3.02. The van der Waals surface area contributed by atoms with Crippen LogP contribution < -0.4 is 10.0 Å². The van der Waals surface area contributed by atoms with E-state index in [4.69, 9.17) is 11.6 Å². The van der Waals surface area contributed by atoms with Crippen LogP contribution in [0.2, 0.25) is 5.02 Å². The van der Waals surface area contributed by atoms with Gasteiger partial charge in [0.15, 0.2) is 0 Å². The third-order valence-corrected chi connectivity index (χ3v) is 5.34. The lowest BCUT2D eigenvalue weighted by molar-refractivity contribution is -0.384. The average molecular weight is 435 g/mol. The molecule has 7 nitrogen and oxygen atoms in total. The van der Waals surface area contributed by atoms with E-state index in [9.17, 15) is 18.5 Å². The molecule has 0 radical (unpaired) electrons. The Bertz CT molecular complexity index is 844. The molecular formula is C14H13BrClN3O4S. The van der Waals surface area contributed by atoms with Crippen LogP contribution in [0.3, 0.4) is 0 Å². The first-order valence-electron chi connectivity index (χ1n) is 6.72. The Morgan fingerprint density at radius 1 is 1.12 bits per heavy atom. The van der Waals surface area contributed by atoms with Gasteiger partial charge in [-0.1, -0.05) is 27.5 Å². The van der Waals surface area contributed by atoms with Crippen molar-refractivity contribution in [3.63, 3.8) is 0 Å². The zero-order valence-electron chi connectivity index (χ0n) is 12.2. The number of halogens is 2. The van der Waals surface area contributed by atoms with Gasteiger partial charge in [-0.25, -0.2) is 13.1 Å². The molecule has 0 saturated carbocycles. The number of hydrogen-bond donors (Lipinski definition) is 2. The van der Waals surface area contributed by atoms with Gasteiger partial charge in [0, 0.05) is 29.7 Å². The fraction of sp³-hybridized carbons (Fsp3) is 0.143. The molecule has 0 amide bonds. The summed E-state index contributed by atoms with van der Waals surface area (Å²) in [7, 11) is -3.59. The van der Waals surface area contributed by atoms with E-state index in [0.717, 1.165) is 4.47 Å². The molecule has 0 aliphatic carbocycles. The minimum absolute atomic E-state index is 0.110. The summed E-state index contributed by atoms with van der Waals surface area (Å²) in [5, 5.41) is 13.8. The van der Waals surface area contributed by atoms with Crippen molar-refractivity contribution >= 4 is 48.9 Å². The highest BCUT2D eigenvalue weighted by Crippen LogP contribution is 2.26. The molecule has 0 fully saturated rings. The Hall–Kier alpha value is -1.68. The molecule has 2 rings (SSSR count). The first-order valence-corrected chi connectivity index (χ1v) is 9.38. The molecule has 0 atom stereocenters. The van der Waals surface area contributed by atoms with Crippen molar-refractivity contribution in [2.75, 3.05) is 18.4 Å². The standard InChI is InChI=1S/C14H13BrClN3O4S/c15-10-1-4-12(5-2-10)24(22,23)18-8-7-17-14-6-3-11(19(20)21)9-13(14)16/h1-6,9,17-18H,7-8H2. The summed E-state index contributed by atoms with van der Waals surface area (Å²) in [4.78, 5) is 10.3. The first kappa shape index (κ1) is 18.7. The van der Waals surface area contributed by atoms with Crippen LogP contribution in [0.15, 0.2) is 51.8 Å². The van der Waals surface area contributed by atoms with Crippen LogP contribution >= 0.6 is 27.5 Å². The number of nitrogens with zero attached hydrogens (tertiary/aromatic N) is 1. The minimum atomic E-state index is -3.59. The minimum Gasteiger partial charge on any atom is -0.383 e. The van der Waals surface area contributed by atoms with Crippen LogP contribution in [0.25, 0.3) is 0 Å². The highest BCUT2D eigenvalue weighted by Gasteiger charge is 2.13. The number of nitro benzene ring substituents is 1. The predicted octanol–water partition coefficient (Wildman–Crippen LogP) is 3.40. The van der Waals surface area contributed by atoms with Crippen molar-refractivity contribution in [1.29, 1.82) is 0 Å². The Morgan fingerprint density at radius 2 is 1.79 bits per heavy atom. The first-order chi connectivity index (χ1) is 11.3. The molecule has 128 valence electrons. The van der Waals surface area contributed by atoms with Crippen molar-refractivity contribution in [1.82, 2.24) is 4.72 Å². The van der Waals surface area contributed by atoms with Gasteiger partial charge in [0.2, 0.25) is 10.0 Å². The molecule has 10 heteroatoms. The normalized spacial score (nSPS) is 11.2. The van der Waals surface area contributed by atoms with Gasteiger partial charge in [-0.05, 0) is 30.3 Å². The summed E-state index contributed by atoms with van der Waals surface area (Å²) in [5.74, 6) is 0. The van der Waals surface area contributed by atoms with Crippen molar-refractivity contribution in [2.24, 2.45) is 0 Å². The molecule has 0 aromatic heterocycles. The second-order valence-corrected chi connectivity index (χ2v) is 7.79. The van der Waals surface area contributed by atoms with Gasteiger partial charge in [-0.2, -0.15) is 0 Å². The Labute approximate surface area is 152 Å². The Kier molecular flexibility index (Phi) is 6.16. The summed E-state index contributed by atoms with van der Waals surface area (Å²) in [6.07, 6.45) is 0. The van der Waals surface area contributed by atoms with Crippen LogP contribution in [0, 0.1) is 10.1 Å². The van der Waals surface area contributed by atoms with Crippen LogP contribution in [-0.2, 0) is 10.0 Å². The molecule has 2 aromatic rings. The lowest BCUT2D eigenvalue weighted by Crippen LogP contribution is -2.28. The van der Waals surface area contributed by atoms with Gasteiger partial charge < -0.3 is 5.32 Å². The fourth-order valence-electron chi connectivity index (χ4n) is 1.84. The van der Waals surface area contributed by atoms with Crippen molar-refractivity contribution in [2.45, 2.75) is 4.90 Å². The summed E-state index contributed by atoms with van der Waals surface area (Å²) >= 11 is 9.19. The Morgan fingerprint density at radius 3 is 2.38 bits per heavy atom. The van der Waals surface area contributed by atoms with Gasteiger partial charge >= 0.3 is 0 Å². The molecule has 0 bridgehead atoms. The number of nitrogens with one attached hydrogen (secondary N) is 2. The van der Waals surface area contributed by atoms with E-state index in [1.807, 2.05) is 0 Å². The number of rotatable bonds is 7. The largest absolute Gasteiger partial charge is 0.383 e. The van der Waals surface area contributed by atoms with Crippen LogP contribution in [0.1, 0.15) is 0 Å². The summed E-state index contributed by atoms with van der Waals surface area (Å²) in [6.45, 7) is 0.402. The zero-order valence-corrected chi connectivity index (χ0v) is 15.4. The topological polar surface area (TPSA) is 101 Å². The zero-order chi connectivity index (χ0) is 17.7. The van der Waals surface area contributed by atoms with Crippen molar-refractivity contribution in [3.05, 3.63) is 62.1 Å². The highest BCUT2D eigenvalue weighted by atomic mass is 79.9. The van der Waals surface area contributed by atoms with E-state index >= 15 is 0 Å². The van der Waals surface area contributed by atoms with Crippen LogP contribution in [0.4, 0.5) is 11.4 Å². The molecule has 2 aromatic carbocycles. The lowest BCUT2D eigenvalue weighted by atomic mass is 10.3. The summed E-state index contributed by atoms with van der Waals surface area (Å²) in [6, 6.07) is 10.3. The average Bonchev–Trinajstić information content (AvgIpc) is 2.53. The van der Waals surface area contributed by atoms with Gasteiger partial charge in [0.25, 0.3) is 5.69 Å². The van der Waals surface area contributed by atoms with Crippen molar-refractivity contribution < 1.29 is 13.3 Å². The van der Waals surface area contributed by atoms with Gasteiger partial charge in [-0.15, -0.1) is 0 Å². The predicted molar refractivity (Wildman–Crippen MR) is 95.9 cm³/mol. The monoisotopic (exact) mass is 433 g/mol. The highest BCUT2D eigenvalue weighted by molar-refractivity contribution is 9.10. The van der Waals surface area contributed by atoms with E-state index in [2.05, 4.69) is 26.0 Å². The number of anilines is 1.